The van der Waals surface area contributed by atoms with Gasteiger partial charge in [-0.15, -0.1) is 0 Å². The van der Waals surface area contributed by atoms with E-state index in [1.165, 1.54) is 6.33 Å². The van der Waals surface area contributed by atoms with E-state index in [0.29, 0.717) is 6.54 Å². The molecule has 0 saturated carbocycles. The summed E-state index contributed by atoms with van der Waals surface area (Å²) in [6.45, 7) is 0.620. The molecule has 0 saturated heterocycles. The van der Waals surface area contributed by atoms with Crippen molar-refractivity contribution in [1.29, 1.82) is 0 Å². The standard InChI is InChI=1S/C16H15N7/c1-23-9-12(14(22-23)11-5-3-2-4-6-11)7-17-15-13-8-20-21-16(13)19-10-18-15/h2-6,8-10H,7H2,1H3,(H2,17,18,19,20,21). The van der Waals surface area contributed by atoms with Crippen LogP contribution < -0.4 is 5.32 Å². The molecule has 4 rings (SSSR count). The molecule has 0 aliphatic rings. The SMILES string of the molecule is Cn1cc(CNc2ncnc3[nH]ncc23)c(-c2ccccc2)n1. The van der Waals surface area contributed by atoms with Crippen molar-refractivity contribution in [3.8, 4) is 11.3 Å². The molecule has 7 nitrogen and oxygen atoms in total. The third-order valence-electron chi connectivity index (χ3n) is 3.65. The highest BCUT2D eigenvalue weighted by molar-refractivity contribution is 5.85. The Balaban J connectivity index is 1.64. The van der Waals surface area contributed by atoms with E-state index in [4.69, 9.17) is 0 Å². The summed E-state index contributed by atoms with van der Waals surface area (Å²) in [5, 5.41) is 15.6. The zero-order chi connectivity index (χ0) is 15.6. The van der Waals surface area contributed by atoms with Crippen LogP contribution in [-0.4, -0.2) is 29.9 Å². The molecule has 7 heteroatoms. The van der Waals surface area contributed by atoms with E-state index in [1.807, 2.05) is 36.1 Å². The van der Waals surface area contributed by atoms with Crippen molar-refractivity contribution in [3.63, 3.8) is 0 Å². The number of aromatic amines is 1. The summed E-state index contributed by atoms with van der Waals surface area (Å²) in [4.78, 5) is 8.43. The van der Waals surface area contributed by atoms with E-state index in [9.17, 15) is 0 Å². The zero-order valence-electron chi connectivity index (χ0n) is 12.6. The first-order valence-corrected chi connectivity index (χ1v) is 7.27. The first-order valence-electron chi connectivity index (χ1n) is 7.27. The first-order chi connectivity index (χ1) is 11.3. The Kier molecular flexibility index (Phi) is 3.23. The molecule has 3 heterocycles. The largest absolute Gasteiger partial charge is 0.365 e. The number of nitrogens with zero attached hydrogens (tertiary/aromatic N) is 5. The van der Waals surface area contributed by atoms with Gasteiger partial charge in [0.25, 0.3) is 0 Å². The summed E-state index contributed by atoms with van der Waals surface area (Å²) in [7, 11) is 1.93. The Hall–Kier alpha value is -3.22. The number of H-pyrrole nitrogens is 1. The van der Waals surface area contributed by atoms with E-state index in [0.717, 1.165) is 33.7 Å². The molecule has 114 valence electrons. The average Bonchev–Trinajstić information content (AvgIpc) is 3.20. The predicted molar refractivity (Wildman–Crippen MR) is 87.7 cm³/mol. The molecular formula is C16H15N7. The minimum absolute atomic E-state index is 0.620. The Morgan fingerprint density at radius 1 is 1.17 bits per heavy atom. The maximum atomic E-state index is 4.57. The van der Waals surface area contributed by atoms with E-state index in [-0.39, 0.29) is 0 Å². The van der Waals surface area contributed by atoms with Gasteiger partial charge in [0, 0.05) is 30.9 Å². The summed E-state index contributed by atoms with van der Waals surface area (Å²) >= 11 is 0. The molecule has 0 unspecified atom stereocenters. The van der Waals surface area contributed by atoms with Gasteiger partial charge in [-0.3, -0.25) is 9.78 Å². The van der Waals surface area contributed by atoms with Gasteiger partial charge in [0.15, 0.2) is 5.65 Å². The fraction of sp³-hybridized carbons (Fsp3) is 0.125. The summed E-state index contributed by atoms with van der Waals surface area (Å²) in [6.07, 6.45) is 5.26. The molecule has 0 bridgehead atoms. The number of hydrogen-bond acceptors (Lipinski definition) is 5. The van der Waals surface area contributed by atoms with Gasteiger partial charge in [0.2, 0.25) is 0 Å². The monoisotopic (exact) mass is 305 g/mol. The molecule has 0 spiro atoms. The molecule has 1 aromatic carbocycles. The second-order valence-corrected chi connectivity index (χ2v) is 5.25. The van der Waals surface area contributed by atoms with Gasteiger partial charge in [-0.1, -0.05) is 30.3 Å². The summed E-state index contributed by atoms with van der Waals surface area (Å²) in [5.74, 6) is 0.756. The summed E-state index contributed by atoms with van der Waals surface area (Å²) in [6, 6.07) is 10.2. The van der Waals surface area contributed by atoms with Crippen molar-refractivity contribution < 1.29 is 0 Å². The molecule has 3 aromatic heterocycles. The number of aryl methyl sites for hydroxylation is 1. The molecule has 4 aromatic rings. The topological polar surface area (TPSA) is 84.3 Å². The van der Waals surface area contributed by atoms with E-state index >= 15 is 0 Å². The fourth-order valence-electron chi connectivity index (χ4n) is 2.59. The Morgan fingerprint density at radius 3 is 2.91 bits per heavy atom. The van der Waals surface area contributed by atoms with Crippen molar-refractivity contribution in [2.45, 2.75) is 6.54 Å². The smallest absolute Gasteiger partial charge is 0.160 e. The van der Waals surface area contributed by atoms with Crippen molar-refractivity contribution in [2.24, 2.45) is 7.05 Å². The quantitative estimate of drug-likeness (QED) is 0.604. The lowest BCUT2D eigenvalue weighted by atomic mass is 10.1. The van der Waals surface area contributed by atoms with Crippen molar-refractivity contribution >= 4 is 16.9 Å². The van der Waals surface area contributed by atoms with Gasteiger partial charge >= 0.3 is 0 Å². The van der Waals surface area contributed by atoms with Gasteiger partial charge < -0.3 is 5.32 Å². The van der Waals surface area contributed by atoms with Crippen LogP contribution in [0.1, 0.15) is 5.56 Å². The third-order valence-corrected chi connectivity index (χ3v) is 3.65. The summed E-state index contributed by atoms with van der Waals surface area (Å²) in [5.41, 5.74) is 3.89. The highest BCUT2D eigenvalue weighted by atomic mass is 15.3. The molecular weight excluding hydrogens is 290 g/mol. The van der Waals surface area contributed by atoms with Crippen LogP contribution in [-0.2, 0) is 13.6 Å². The predicted octanol–water partition coefficient (Wildman–Crippen LogP) is 2.37. The van der Waals surface area contributed by atoms with Crippen LogP contribution in [0.25, 0.3) is 22.3 Å². The van der Waals surface area contributed by atoms with E-state index in [2.05, 4.69) is 42.7 Å². The highest BCUT2D eigenvalue weighted by Crippen LogP contribution is 2.23. The normalized spacial score (nSPS) is 11.0. The van der Waals surface area contributed by atoms with E-state index in [1.54, 1.807) is 6.20 Å². The van der Waals surface area contributed by atoms with Crippen LogP contribution >= 0.6 is 0 Å². The van der Waals surface area contributed by atoms with Crippen LogP contribution in [0.5, 0.6) is 0 Å². The van der Waals surface area contributed by atoms with Gasteiger partial charge in [0.1, 0.15) is 12.1 Å². The number of fused-ring (bicyclic) bond motifs is 1. The lowest BCUT2D eigenvalue weighted by Gasteiger charge is -2.06. The van der Waals surface area contributed by atoms with Crippen LogP contribution in [0.4, 0.5) is 5.82 Å². The van der Waals surface area contributed by atoms with Crippen LogP contribution in [0, 0.1) is 0 Å². The molecule has 0 radical (unpaired) electrons. The maximum Gasteiger partial charge on any atom is 0.160 e. The maximum absolute atomic E-state index is 4.57. The van der Waals surface area contributed by atoms with Crippen molar-refractivity contribution in [2.75, 3.05) is 5.32 Å². The van der Waals surface area contributed by atoms with Crippen LogP contribution in [0.3, 0.4) is 0 Å². The molecule has 0 atom stereocenters. The second kappa shape index (κ2) is 5.53. The summed E-state index contributed by atoms with van der Waals surface area (Å²) < 4.78 is 1.83. The fourth-order valence-corrected chi connectivity index (χ4v) is 2.59. The number of nitrogens with one attached hydrogen (secondary N) is 2. The second-order valence-electron chi connectivity index (χ2n) is 5.25. The minimum atomic E-state index is 0.620. The van der Waals surface area contributed by atoms with Gasteiger partial charge in [0.05, 0.1) is 17.3 Å². The lowest BCUT2D eigenvalue weighted by molar-refractivity contribution is 0.770. The van der Waals surface area contributed by atoms with E-state index < -0.39 is 0 Å². The molecule has 2 N–H and O–H groups in total. The lowest BCUT2D eigenvalue weighted by Crippen LogP contribution is -2.02. The van der Waals surface area contributed by atoms with Gasteiger partial charge in [-0.25, -0.2) is 9.97 Å². The Labute approximate surface area is 132 Å². The highest BCUT2D eigenvalue weighted by Gasteiger charge is 2.11. The molecule has 23 heavy (non-hydrogen) atoms. The molecule has 0 amide bonds. The number of hydrogen-bond donors (Lipinski definition) is 2. The van der Waals surface area contributed by atoms with Gasteiger partial charge in [-0.2, -0.15) is 10.2 Å². The number of anilines is 1. The van der Waals surface area contributed by atoms with Crippen molar-refractivity contribution in [3.05, 3.63) is 54.6 Å². The van der Waals surface area contributed by atoms with Crippen LogP contribution in [0.15, 0.2) is 49.1 Å². The Morgan fingerprint density at radius 2 is 2.04 bits per heavy atom. The number of aromatic nitrogens is 6. The number of benzene rings is 1. The number of rotatable bonds is 4. The Bertz CT molecular complexity index is 939. The zero-order valence-corrected chi connectivity index (χ0v) is 12.6. The molecule has 0 fully saturated rings. The third kappa shape index (κ3) is 2.52. The van der Waals surface area contributed by atoms with Gasteiger partial charge in [-0.05, 0) is 0 Å². The minimum Gasteiger partial charge on any atom is -0.365 e. The van der Waals surface area contributed by atoms with Crippen molar-refractivity contribution in [1.82, 2.24) is 29.9 Å². The first kappa shape index (κ1) is 13.4. The molecule has 0 aliphatic heterocycles. The molecule has 0 aliphatic carbocycles. The average molecular weight is 305 g/mol. The van der Waals surface area contributed by atoms with Crippen LogP contribution in [0.2, 0.25) is 0 Å².